The lowest BCUT2D eigenvalue weighted by molar-refractivity contribution is -0.137. The molecule has 1 aromatic carbocycles. The van der Waals surface area contributed by atoms with Crippen molar-refractivity contribution in [3.05, 3.63) is 40.6 Å². The summed E-state index contributed by atoms with van der Waals surface area (Å²) in [5, 5.41) is 19.9. The van der Waals surface area contributed by atoms with Crippen molar-refractivity contribution < 1.29 is 23.1 Å². The van der Waals surface area contributed by atoms with E-state index in [-0.39, 0.29) is 16.3 Å². The molecule has 5 nitrogen and oxygen atoms in total. The van der Waals surface area contributed by atoms with Gasteiger partial charge >= 0.3 is 12.2 Å². The number of nitrogens with zero attached hydrogens (tertiary/aromatic N) is 2. The van der Waals surface area contributed by atoms with Crippen LogP contribution in [0.25, 0.3) is 0 Å². The van der Waals surface area contributed by atoms with Crippen molar-refractivity contribution in [2.75, 3.05) is 4.90 Å². The first-order valence-electron chi connectivity index (χ1n) is 5.50. The number of urea groups is 1. The molecule has 1 aromatic rings. The van der Waals surface area contributed by atoms with E-state index in [9.17, 15) is 23.1 Å². The number of aliphatic hydroxyl groups is 1. The lowest BCUT2D eigenvalue weighted by Crippen LogP contribution is -2.48. The van der Waals surface area contributed by atoms with Crippen molar-refractivity contribution in [2.24, 2.45) is 0 Å². The predicted octanol–water partition coefficient (Wildman–Crippen LogP) is 2.61. The van der Waals surface area contributed by atoms with Gasteiger partial charge in [-0.25, -0.2) is 4.79 Å². The number of nitriles is 1. The highest BCUT2D eigenvalue weighted by molar-refractivity contribution is 6.34. The number of hydrogen-bond acceptors (Lipinski definition) is 3. The van der Waals surface area contributed by atoms with Crippen LogP contribution in [-0.2, 0) is 6.18 Å². The topological polar surface area (TPSA) is 76.4 Å². The molecule has 0 bridgehead atoms. The molecule has 9 heteroatoms. The van der Waals surface area contributed by atoms with Crippen LogP contribution in [0.15, 0.2) is 30.0 Å². The third-order valence-electron chi connectivity index (χ3n) is 2.71. The number of nitrogens with one attached hydrogen (secondary N) is 1. The standard InChI is InChI=1S/C12H7ClF3N3O2/c13-8-3-7(12(14,15)16)1-2-9(8)19-5-6(4-17)10(20)18-11(19)21/h1-3,5,10,20H,(H,18,21). The van der Waals surface area contributed by atoms with Crippen molar-refractivity contribution in [1.29, 1.82) is 5.26 Å². The fourth-order valence-corrected chi connectivity index (χ4v) is 1.95. The first-order valence-corrected chi connectivity index (χ1v) is 5.88. The molecule has 2 N–H and O–H groups in total. The van der Waals surface area contributed by atoms with Gasteiger partial charge in [0.25, 0.3) is 0 Å². The van der Waals surface area contributed by atoms with E-state index in [1.807, 2.05) is 0 Å². The van der Waals surface area contributed by atoms with Crippen LogP contribution in [0.5, 0.6) is 0 Å². The van der Waals surface area contributed by atoms with Crippen LogP contribution in [0, 0.1) is 11.3 Å². The number of alkyl halides is 3. The molecule has 0 aliphatic carbocycles. The zero-order valence-corrected chi connectivity index (χ0v) is 10.9. The number of rotatable bonds is 1. The summed E-state index contributed by atoms with van der Waals surface area (Å²) in [6.07, 6.45) is -5.01. The minimum absolute atomic E-state index is 0.0400. The van der Waals surface area contributed by atoms with Crippen LogP contribution in [-0.4, -0.2) is 17.4 Å². The SMILES string of the molecule is N#CC1=CN(c2ccc(C(F)(F)F)cc2Cl)C(=O)NC1O. The van der Waals surface area contributed by atoms with Gasteiger partial charge in [0, 0.05) is 6.20 Å². The Labute approximate surface area is 121 Å². The molecule has 0 saturated carbocycles. The molecule has 1 atom stereocenters. The molecular formula is C12H7ClF3N3O2. The van der Waals surface area contributed by atoms with Crippen molar-refractivity contribution in [2.45, 2.75) is 12.4 Å². The van der Waals surface area contributed by atoms with Crippen molar-refractivity contribution >= 4 is 23.3 Å². The number of hydrogen-bond donors (Lipinski definition) is 2. The third-order valence-corrected chi connectivity index (χ3v) is 3.01. The van der Waals surface area contributed by atoms with Gasteiger partial charge < -0.3 is 10.4 Å². The highest BCUT2D eigenvalue weighted by Gasteiger charge is 2.32. The Morgan fingerprint density at radius 3 is 2.62 bits per heavy atom. The van der Waals surface area contributed by atoms with Crippen LogP contribution >= 0.6 is 11.6 Å². The van der Waals surface area contributed by atoms with Crippen molar-refractivity contribution in [3.8, 4) is 6.07 Å². The first kappa shape index (κ1) is 15.2. The van der Waals surface area contributed by atoms with Crippen LogP contribution in [0.3, 0.4) is 0 Å². The summed E-state index contributed by atoms with van der Waals surface area (Å²) in [5.41, 5.74) is -1.18. The van der Waals surface area contributed by atoms with Crippen LogP contribution < -0.4 is 10.2 Å². The van der Waals surface area contributed by atoms with Gasteiger partial charge in [-0.1, -0.05) is 11.6 Å². The molecule has 2 rings (SSSR count). The number of anilines is 1. The highest BCUT2D eigenvalue weighted by atomic mass is 35.5. The molecule has 0 aromatic heterocycles. The lowest BCUT2D eigenvalue weighted by atomic mass is 10.1. The van der Waals surface area contributed by atoms with Gasteiger partial charge in [-0.15, -0.1) is 0 Å². The average molecular weight is 318 g/mol. The Bertz CT molecular complexity index is 667. The first-order chi connectivity index (χ1) is 9.74. The van der Waals surface area contributed by atoms with Gasteiger partial charge in [0.15, 0.2) is 6.23 Å². The Morgan fingerprint density at radius 1 is 1.43 bits per heavy atom. The zero-order valence-electron chi connectivity index (χ0n) is 10.1. The molecular weight excluding hydrogens is 311 g/mol. The summed E-state index contributed by atoms with van der Waals surface area (Å²) in [5.74, 6) is 0. The molecule has 0 spiro atoms. The molecule has 21 heavy (non-hydrogen) atoms. The highest BCUT2D eigenvalue weighted by Crippen LogP contribution is 2.35. The van der Waals surface area contributed by atoms with E-state index in [0.717, 1.165) is 23.2 Å². The Morgan fingerprint density at radius 2 is 2.10 bits per heavy atom. The van der Waals surface area contributed by atoms with Gasteiger partial charge in [-0.3, -0.25) is 4.90 Å². The van der Waals surface area contributed by atoms with Crippen molar-refractivity contribution in [1.82, 2.24) is 5.32 Å². The number of halogens is 4. The molecule has 1 aliphatic rings. The second-order valence-corrected chi connectivity index (χ2v) is 4.49. The van der Waals surface area contributed by atoms with Gasteiger partial charge in [0.05, 0.1) is 21.8 Å². The summed E-state index contributed by atoms with van der Waals surface area (Å²) < 4.78 is 37.6. The summed E-state index contributed by atoms with van der Waals surface area (Å²) >= 11 is 5.77. The van der Waals surface area contributed by atoms with E-state index in [0.29, 0.717) is 6.07 Å². The fraction of sp³-hybridized carbons (Fsp3) is 0.167. The van der Waals surface area contributed by atoms with Gasteiger partial charge in [0.2, 0.25) is 0 Å². The molecule has 1 unspecified atom stereocenters. The summed E-state index contributed by atoms with van der Waals surface area (Å²) in [7, 11) is 0. The second-order valence-electron chi connectivity index (χ2n) is 4.08. The maximum atomic E-state index is 12.5. The normalized spacial score (nSPS) is 18.9. The minimum Gasteiger partial charge on any atom is -0.369 e. The van der Waals surface area contributed by atoms with Crippen molar-refractivity contribution in [3.63, 3.8) is 0 Å². The van der Waals surface area contributed by atoms with E-state index >= 15 is 0 Å². The lowest BCUT2D eigenvalue weighted by Gasteiger charge is -2.27. The quantitative estimate of drug-likeness (QED) is 0.836. The number of carbonyl (C=O) groups excluding carboxylic acids is 1. The van der Waals surface area contributed by atoms with E-state index < -0.39 is 24.0 Å². The molecule has 1 heterocycles. The monoisotopic (exact) mass is 317 g/mol. The summed E-state index contributed by atoms with van der Waals surface area (Å²) in [4.78, 5) is 12.6. The van der Waals surface area contributed by atoms with Gasteiger partial charge in [0.1, 0.15) is 6.07 Å². The Hall–Kier alpha value is -2.24. The molecule has 1 aliphatic heterocycles. The third kappa shape index (κ3) is 2.94. The van der Waals surface area contributed by atoms with Gasteiger partial charge in [-0.05, 0) is 18.2 Å². The maximum Gasteiger partial charge on any atom is 0.416 e. The summed E-state index contributed by atoms with van der Waals surface area (Å²) in [6, 6.07) is 3.29. The Balaban J connectivity index is 2.45. The smallest absolute Gasteiger partial charge is 0.369 e. The van der Waals surface area contributed by atoms with Crippen LogP contribution in [0.2, 0.25) is 5.02 Å². The molecule has 110 valence electrons. The fourth-order valence-electron chi connectivity index (χ4n) is 1.68. The number of amides is 2. The number of carbonyl (C=O) groups is 1. The van der Waals surface area contributed by atoms with Crippen LogP contribution in [0.1, 0.15) is 5.56 Å². The maximum absolute atomic E-state index is 12.5. The summed E-state index contributed by atoms with van der Waals surface area (Å²) in [6.45, 7) is 0. The molecule has 0 radical (unpaired) electrons. The molecule has 2 amide bonds. The molecule has 0 saturated heterocycles. The predicted molar refractivity (Wildman–Crippen MR) is 67.2 cm³/mol. The van der Waals surface area contributed by atoms with E-state index in [1.165, 1.54) is 0 Å². The Kier molecular flexibility index (Phi) is 3.80. The van der Waals surface area contributed by atoms with E-state index in [1.54, 1.807) is 6.07 Å². The van der Waals surface area contributed by atoms with E-state index in [4.69, 9.17) is 16.9 Å². The van der Waals surface area contributed by atoms with E-state index in [2.05, 4.69) is 5.32 Å². The second kappa shape index (κ2) is 5.27. The average Bonchev–Trinajstić information content (AvgIpc) is 2.38. The number of aliphatic hydroxyl groups excluding tert-OH is 1. The molecule has 0 fully saturated rings. The minimum atomic E-state index is -4.56. The number of benzene rings is 1. The van der Waals surface area contributed by atoms with Gasteiger partial charge in [-0.2, -0.15) is 18.4 Å². The zero-order chi connectivity index (χ0) is 15.8. The largest absolute Gasteiger partial charge is 0.416 e. The van der Waals surface area contributed by atoms with Crippen LogP contribution in [0.4, 0.5) is 23.7 Å².